The van der Waals surface area contributed by atoms with Crippen LogP contribution >= 0.6 is 0 Å². The van der Waals surface area contributed by atoms with Gasteiger partial charge in [-0.15, -0.1) is 5.10 Å². The summed E-state index contributed by atoms with van der Waals surface area (Å²) in [5.74, 6) is -0.0101. The highest BCUT2D eigenvalue weighted by atomic mass is 16.2. The van der Waals surface area contributed by atoms with Crippen molar-refractivity contribution >= 4 is 11.7 Å². The molecular weight excluding hydrogens is 158 g/mol. The number of carbonyl (C=O) groups excluding carboxylic acids is 1. The van der Waals surface area contributed by atoms with Crippen LogP contribution in [-0.2, 0) is 7.05 Å². The van der Waals surface area contributed by atoms with Gasteiger partial charge in [-0.3, -0.25) is 4.79 Å². The van der Waals surface area contributed by atoms with Gasteiger partial charge in [0.25, 0.3) is 5.91 Å². The van der Waals surface area contributed by atoms with Crippen molar-refractivity contribution in [3.63, 3.8) is 0 Å². The first-order valence-corrected chi connectivity index (χ1v) is 3.60. The van der Waals surface area contributed by atoms with Gasteiger partial charge in [0, 0.05) is 13.6 Å². The highest BCUT2D eigenvalue weighted by molar-refractivity contribution is 5.96. The number of nitrogens with zero attached hydrogens (tertiary/aromatic N) is 3. The first kappa shape index (κ1) is 8.51. The Balaban J connectivity index is 2.88. The summed E-state index contributed by atoms with van der Waals surface area (Å²) in [7, 11) is 1.63. The summed E-state index contributed by atoms with van der Waals surface area (Å²) in [5.41, 5.74) is 5.69. The summed E-state index contributed by atoms with van der Waals surface area (Å²) in [4.78, 5) is 11.2. The van der Waals surface area contributed by atoms with Gasteiger partial charge in [0.05, 0.1) is 0 Å². The molecule has 66 valence electrons. The molecule has 3 N–H and O–H groups in total. The Morgan fingerprint density at radius 1 is 1.75 bits per heavy atom. The Morgan fingerprint density at radius 2 is 2.42 bits per heavy atom. The van der Waals surface area contributed by atoms with Gasteiger partial charge < -0.3 is 11.1 Å². The fourth-order valence-electron chi connectivity index (χ4n) is 0.770. The normalized spacial score (nSPS) is 9.83. The van der Waals surface area contributed by atoms with Crippen LogP contribution in [0, 0.1) is 0 Å². The van der Waals surface area contributed by atoms with E-state index in [1.54, 1.807) is 7.05 Å². The van der Waals surface area contributed by atoms with Gasteiger partial charge >= 0.3 is 0 Å². The zero-order chi connectivity index (χ0) is 9.14. The largest absolute Gasteiger partial charge is 0.382 e. The summed E-state index contributed by atoms with van der Waals surface area (Å²) in [6, 6.07) is 0. The summed E-state index contributed by atoms with van der Waals surface area (Å²) >= 11 is 0. The average Bonchev–Trinajstić information content (AvgIpc) is 2.34. The second kappa shape index (κ2) is 3.21. The second-order valence-corrected chi connectivity index (χ2v) is 2.31. The molecule has 0 spiro atoms. The molecule has 1 rings (SSSR count). The van der Waals surface area contributed by atoms with Gasteiger partial charge in [-0.05, 0) is 6.92 Å². The van der Waals surface area contributed by atoms with Crippen molar-refractivity contribution in [3.8, 4) is 0 Å². The molecule has 0 aromatic carbocycles. The molecule has 0 bridgehead atoms. The molecule has 1 aromatic rings. The molecule has 0 radical (unpaired) electrons. The first-order chi connectivity index (χ1) is 5.66. The molecule has 0 unspecified atom stereocenters. The molecule has 6 nitrogen and oxygen atoms in total. The van der Waals surface area contributed by atoms with Crippen LogP contribution in [-0.4, -0.2) is 27.4 Å². The lowest BCUT2D eigenvalue weighted by molar-refractivity contribution is 0.0951. The molecule has 1 amide bonds. The van der Waals surface area contributed by atoms with Gasteiger partial charge in [0.2, 0.25) is 0 Å². The lowest BCUT2D eigenvalue weighted by Crippen LogP contribution is -2.24. The number of nitrogen functional groups attached to an aromatic ring is 1. The Kier molecular flexibility index (Phi) is 2.27. The van der Waals surface area contributed by atoms with E-state index in [9.17, 15) is 4.79 Å². The maximum Gasteiger partial charge on any atom is 0.275 e. The maximum absolute atomic E-state index is 11.2. The van der Waals surface area contributed by atoms with Crippen molar-refractivity contribution < 1.29 is 4.79 Å². The highest BCUT2D eigenvalue weighted by Gasteiger charge is 2.14. The van der Waals surface area contributed by atoms with E-state index in [0.29, 0.717) is 6.54 Å². The Bertz CT molecular complexity index is 292. The van der Waals surface area contributed by atoms with Crippen LogP contribution in [0.25, 0.3) is 0 Å². The van der Waals surface area contributed by atoms with E-state index in [2.05, 4.69) is 15.6 Å². The van der Waals surface area contributed by atoms with Gasteiger partial charge in [0.1, 0.15) is 0 Å². The van der Waals surface area contributed by atoms with Crippen LogP contribution in [0.1, 0.15) is 17.4 Å². The topological polar surface area (TPSA) is 85.8 Å². The molecule has 1 aromatic heterocycles. The molecule has 1 heterocycles. The molecule has 6 heteroatoms. The quantitative estimate of drug-likeness (QED) is 0.603. The Labute approximate surface area is 69.7 Å². The van der Waals surface area contributed by atoms with Crippen LogP contribution in [0.15, 0.2) is 0 Å². The third-order valence-electron chi connectivity index (χ3n) is 1.42. The Hall–Kier alpha value is -1.59. The van der Waals surface area contributed by atoms with E-state index in [0.717, 1.165) is 0 Å². The van der Waals surface area contributed by atoms with Crippen LogP contribution in [0.2, 0.25) is 0 Å². The standard InChI is InChI=1S/C6H11N5O/c1-3-8-6(12)4-5(7)11(2)10-9-4/h3,7H2,1-2H3,(H,8,12). The fraction of sp³-hybridized carbons (Fsp3) is 0.500. The number of hydrogen-bond acceptors (Lipinski definition) is 4. The van der Waals surface area contributed by atoms with Crippen LogP contribution in [0.5, 0.6) is 0 Å². The van der Waals surface area contributed by atoms with E-state index in [1.807, 2.05) is 6.92 Å². The van der Waals surface area contributed by atoms with E-state index in [4.69, 9.17) is 5.73 Å². The van der Waals surface area contributed by atoms with Crippen molar-refractivity contribution in [2.75, 3.05) is 12.3 Å². The minimum Gasteiger partial charge on any atom is -0.382 e. The van der Waals surface area contributed by atoms with Crippen LogP contribution in [0.3, 0.4) is 0 Å². The predicted octanol–water partition coefficient (Wildman–Crippen LogP) is -0.853. The SMILES string of the molecule is CCNC(=O)c1nnn(C)c1N. The molecule has 0 fully saturated rings. The zero-order valence-corrected chi connectivity index (χ0v) is 7.03. The number of carbonyl (C=O) groups is 1. The molecule has 0 saturated carbocycles. The van der Waals surface area contributed by atoms with E-state index < -0.39 is 0 Å². The predicted molar refractivity (Wildman–Crippen MR) is 43.4 cm³/mol. The number of rotatable bonds is 2. The smallest absolute Gasteiger partial charge is 0.275 e. The third-order valence-corrected chi connectivity index (χ3v) is 1.42. The van der Waals surface area contributed by atoms with E-state index >= 15 is 0 Å². The lowest BCUT2D eigenvalue weighted by atomic mass is 10.4. The number of aromatic nitrogens is 3. The van der Waals surface area contributed by atoms with Gasteiger partial charge in [0.15, 0.2) is 11.5 Å². The summed E-state index contributed by atoms with van der Waals surface area (Å²) < 4.78 is 1.35. The molecule has 12 heavy (non-hydrogen) atoms. The minimum atomic E-state index is -0.289. The van der Waals surface area contributed by atoms with Gasteiger partial charge in [-0.1, -0.05) is 5.21 Å². The molecule has 0 aliphatic rings. The van der Waals surface area contributed by atoms with E-state index in [1.165, 1.54) is 4.68 Å². The molecule has 0 aliphatic carbocycles. The van der Waals surface area contributed by atoms with Crippen molar-refractivity contribution in [1.82, 2.24) is 20.3 Å². The number of nitrogens with one attached hydrogen (secondary N) is 1. The van der Waals surface area contributed by atoms with Crippen molar-refractivity contribution in [3.05, 3.63) is 5.69 Å². The van der Waals surface area contributed by atoms with Gasteiger partial charge in [-0.2, -0.15) is 0 Å². The van der Waals surface area contributed by atoms with Crippen molar-refractivity contribution in [1.29, 1.82) is 0 Å². The van der Waals surface area contributed by atoms with Crippen molar-refractivity contribution in [2.24, 2.45) is 7.05 Å². The number of amides is 1. The highest BCUT2D eigenvalue weighted by Crippen LogP contribution is 2.04. The van der Waals surface area contributed by atoms with Crippen LogP contribution in [0.4, 0.5) is 5.82 Å². The average molecular weight is 169 g/mol. The van der Waals surface area contributed by atoms with Gasteiger partial charge in [-0.25, -0.2) is 4.68 Å². The summed E-state index contributed by atoms with van der Waals surface area (Å²) in [5, 5.41) is 9.79. The third kappa shape index (κ3) is 1.36. The maximum atomic E-state index is 11.2. The second-order valence-electron chi connectivity index (χ2n) is 2.31. The summed E-state index contributed by atoms with van der Waals surface area (Å²) in [6.45, 7) is 2.37. The lowest BCUT2D eigenvalue weighted by Gasteiger charge is -1.97. The summed E-state index contributed by atoms with van der Waals surface area (Å²) in [6.07, 6.45) is 0. The first-order valence-electron chi connectivity index (χ1n) is 3.60. The zero-order valence-electron chi connectivity index (χ0n) is 7.03. The molecule has 0 atom stereocenters. The van der Waals surface area contributed by atoms with E-state index in [-0.39, 0.29) is 17.4 Å². The fourth-order valence-corrected chi connectivity index (χ4v) is 0.770. The number of anilines is 1. The monoisotopic (exact) mass is 169 g/mol. The molecule has 0 aliphatic heterocycles. The Morgan fingerprint density at radius 3 is 2.83 bits per heavy atom. The molecular formula is C6H11N5O. The van der Waals surface area contributed by atoms with Crippen LogP contribution < -0.4 is 11.1 Å². The number of aryl methyl sites for hydroxylation is 1. The number of nitrogens with two attached hydrogens (primary N) is 1. The number of hydrogen-bond donors (Lipinski definition) is 2. The van der Waals surface area contributed by atoms with Crippen molar-refractivity contribution in [2.45, 2.75) is 6.92 Å². The molecule has 0 saturated heterocycles. The minimum absolute atomic E-state index is 0.180.